The van der Waals surface area contributed by atoms with Crippen LogP contribution in [-0.2, 0) is 0 Å². The molecule has 14 heavy (non-hydrogen) atoms. The Labute approximate surface area is 91.2 Å². The number of alkyl halides is 3. The molecule has 0 aliphatic heterocycles. The van der Waals surface area contributed by atoms with Gasteiger partial charge in [-0.3, -0.25) is 0 Å². The van der Waals surface area contributed by atoms with Crippen molar-refractivity contribution in [2.24, 2.45) is 0 Å². The van der Waals surface area contributed by atoms with Gasteiger partial charge in [0.05, 0.1) is 6.61 Å². The summed E-state index contributed by atoms with van der Waals surface area (Å²) in [6.07, 6.45) is -4.97. The van der Waals surface area contributed by atoms with Crippen LogP contribution in [0.2, 0.25) is 0 Å². The second-order valence-electron chi connectivity index (χ2n) is 2.50. The van der Waals surface area contributed by atoms with Crippen molar-refractivity contribution in [1.82, 2.24) is 4.98 Å². The van der Waals surface area contributed by atoms with Crippen LogP contribution in [0.1, 0.15) is 12.8 Å². The Morgan fingerprint density at radius 1 is 1.50 bits per heavy atom. The van der Waals surface area contributed by atoms with Gasteiger partial charge in [0.2, 0.25) is 0 Å². The number of hydrogen-bond acceptors (Lipinski definition) is 3. The smallest absolute Gasteiger partial charge is 0.389 e. The van der Waals surface area contributed by atoms with Crippen LogP contribution in [0, 0.1) is 0 Å². The molecule has 0 fully saturated rings. The summed E-state index contributed by atoms with van der Waals surface area (Å²) in [5, 5.41) is 2.10. The standard InChI is InChI=1S/C7H7BrF3NOS/c8-5-4-14-6(12-5)13-3-1-2-7(9,10)11/h4H,1-3H2. The zero-order valence-electron chi connectivity index (χ0n) is 6.97. The predicted octanol–water partition coefficient (Wildman–Crippen LogP) is 3.63. The van der Waals surface area contributed by atoms with Gasteiger partial charge in [-0.2, -0.15) is 18.2 Å². The molecule has 0 N–H and O–H groups in total. The molecule has 80 valence electrons. The number of thiazole rings is 1. The fourth-order valence-corrected chi connectivity index (χ4v) is 1.85. The van der Waals surface area contributed by atoms with E-state index in [1.165, 1.54) is 11.3 Å². The number of hydrogen-bond donors (Lipinski definition) is 0. The molecule has 7 heteroatoms. The average Bonchev–Trinajstić information content (AvgIpc) is 2.44. The van der Waals surface area contributed by atoms with Crippen LogP contribution in [0.15, 0.2) is 9.98 Å². The lowest BCUT2D eigenvalue weighted by Gasteiger charge is -2.05. The van der Waals surface area contributed by atoms with E-state index >= 15 is 0 Å². The first-order valence-electron chi connectivity index (χ1n) is 3.78. The molecule has 0 saturated heterocycles. The highest BCUT2D eigenvalue weighted by Crippen LogP contribution is 2.24. The van der Waals surface area contributed by atoms with E-state index in [-0.39, 0.29) is 13.0 Å². The summed E-state index contributed by atoms with van der Waals surface area (Å²) >= 11 is 4.36. The maximum absolute atomic E-state index is 11.7. The third-order valence-electron chi connectivity index (χ3n) is 1.29. The minimum Gasteiger partial charge on any atom is -0.470 e. The van der Waals surface area contributed by atoms with Gasteiger partial charge in [0.15, 0.2) is 0 Å². The lowest BCUT2D eigenvalue weighted by atomic mass is 10.3. The first kappa shape index (κ1) is 11.8. The van der Waals surface area contributed by atoms with Crippen LogP contribution in [-0.4, -0.2) is 17.8 Å². The van der Waals surface area contributed by atoms with E-state index in [0.29, 0.717) is 9.80 Å². The van der Waals surface area contributed by atoms with E-state index in [1.54, 1.807) is 5.38 Å². The van der Waals surface area contributed by atoms with Gasteiger partial charge in [0.25, 0.3) is 5.19 Å². The fraction of sp³-hybridized carbons (Fsp3) is 0.571. The molecule has 0 aliphatic carbocycles. The number of halogens is 4. The molecule has 2 nitrogen and oxygen atoms in total. The van der Waals surface area contributed by atoms with Crippen LogP contribution in [0.4, 0.5) is 13.2 Å². The van der Waals surface area contributed by atoms with Crippen molar-refractivity contribution in [1.29, 1.82) is 0 Å². The maximum atomic E-state index is 11.7. The normalized spacial score (nSPS) is 11.7. The Morgan fingerprint density at radius 3 is 2.71 bits per heavy atom. The van der Waals surface area contributed by atoms with E-state index in [4.69, 9.17) is 4.74 Å². The summed E-state index contributed by atoms with van der Waals surface area (Å²) in [5.41, 5.74) is 0. The van der Waals surface area contributed by atoms with Crippen molar-refractivity contribution in [3.05, 3.63) is 9.98 Å². The van der Waals surface area contributed by atoms with Crippen LogP contribution in [0.3, 0.4) is 0 Å². The Bertz CT molecular complexity index is 289. The van der Waals surface area contributed by atoms with Gasteiger partial charge in [0.1, 0.15) is 4.60 Å². The number of nitrogens with zero attached hydrogens (tertiary/aromatic N) is 1. The first-order valence-corrected chi connectivity index (χ1v) is 5.45. The minimum atomic E-state index is -4.10. The highest BCUT2D eigenvalue weighted by molar-refractivity contribution is 9.10. The van der Waals surface area contributed by atoms with Crippen LogP contribution in [0.25, 0.3) is 0 Å². The summed E-state index contributed by atoms with van der Waals surface area (Å²) < 4.78 is 40.8. The summed E-state index contributed by atoms with van der Waals surface area (Å²) in [4.78, 5) is 3.88. The molecule has 0 saturated carbocycles. The molecule has 0 amide bonds. The van der Waals surface area contributed by atoms with Gasteiger partial charge < -0.3 is 4.74 Å². The molecule has 0 atom stereocenters. The van der Waals surface area contributed by atoms with Gasteiger partial charge in [0, 0.05) is 11.8 Å². The van der Waals surface area contributed by atoms with E-state index < -0.39 is 12.6 Å². The monoisotopic (exact) mass is 289 g/mol. The molecule has 0 aliphatic rings. The minimum absolute atomic E-state index is 0.0410. The predicted molar refractivity (Wildman–Crippen MR) is 50.6 cm³/mol. The van der Waals surface area contributed by atoms with Gasteiger partial charge in [-0.05, 0) is 22.4 Å². The fourth-order valence-electron chi connectivity index (χ4n) is 0.737. The summed E-state index contributed by atoms with van der Waals surface area (Å²) in [6, 6.07) is 0. The molecule has 1 aromatic heterocycles. The highest BCUT2D eigenvalue weighted by Gasteiger charge is 2.26. The molecular weight excluding hydrogens is 283 g/mol. The summed E-state index contributed by atoms with van der Waals surface area (Å²) in [5.74, 6) is 0. The van der Waals surface area contributed by atoms with Gasteiger partial charge in [-0.1, -0.05) is 11.3 Å². The zero-order chi connectivity index (χ0) is 10.6. The van der Waals surface area contributed by atoms with Crippen LogP contribution >= 0.6 is 27.3 Å². The first-order chi connectivity index (χ1) is 6.47. The van der Waals surface area contributed by atoms with Crippen molar-refractivity contribution < 1.29 is 17.9 Å². The molecule has 1 aromatic rings. The van der Waals surface area contributed by atoms with Crippen LogP contribution < -0.4 is 4.74 Å². The lowest BCUT2D eigenvalue weighted by Crippen LogP contribution is -2.09. The third-order valence-corrected chi connectivity index (χ3v) is 2.75. The molecule has 0 aromatic carbocycles. The molecule has 0 unspecified atom stereocenters. The van der Waals surface area contributed by atoms with Crippen molar-refractivity contribution in [2.75, 3.05) is 6.61 Å². The second kappa shape index (κ2) is 4.97. The van der Waals surface area contributed by atoms with Gasteiger partial charge in [-0.15, -0.1) is 0 Å². The van der Waals surface area contributed by atoms with Crippen molar-refractivity contribution in [2.45, 2.75) is 19.0 Å². The van der Waals surface area contributed by atoms with Gasteiger partial charge in [-0.25, -0.2) is 0 Å². The summed E-state index contributed by atoms with van der Waals surface area (Å²) in [6.45, 7) is 0.0411. The van der Waals surface area contributed by atoms with Crippen LogP contribution in [0.5, 0.6) is 5.19 Å². The van der Waals surface area contributed by atoms with E-state index in [1.807, 2.05) is 0 Å². The van der Waals surface area contributed by atoms with E-state index in [0.717, 1.165) is 0 Å². The highest BCUT2D eigenvalue weighted by atomic mass is 79.9. The zero-order valence-corrected chi connectivity index (χ0v) is 9.38. The quantitative estimate of drug-likeness (QED) is 0.790. The Kier molecular flexibility index (Phi) is 4.18. The average molecular weight is 290 g/mol. The Hall–Kier alpha value is -0.300. The Balaban J connectivity index is 2.16. The van der Waals surface area contributed by atoms with Crippen molar-refractivity contribution in [3.63, 3.8) is 0 Å². The lowest BCUT2D eigenvalue weighted by molar-refractivity contribution is -0.136. The molecule has 1 rings (SSSR count). The Morgan fingerprint density at radius 2 is 2.21 bits per heavy atom. The maximum Gasteiger partial charge on any atom is 0.389 e. The number of aromatic nitrogens is 1. The van der Waals surface area contributed by atoms with Crippen molar-refractivity contribution >= 4 is 27.3 Å². The van der Waals surface area contributed by atoms with Gasteiger partial charge >= 0.3 is 6.18 Å². The molecule has 1 heterocycles. The molecular formula is C7H7BrF3NOS. The van der Waals surface area contributed by atoms with E-state index in [2.05, 4.69) is 20.9 Å². The third kappa shape index (κ3) is 4.80. The largest absolute Gasteiger partial charge is 0.470 e. The number of ether oxygens (including phenoxy) is 1. The molecule has 0 bridgehead atoms. The SMILES string of the molecule is FC(F)(F)CCCOc1nc(Br)cs1. The summed E-state index contributed by atoms with van der Waals surface area (Å²) in [7, 11) is 0. The van der Waals surface area contributed by atoms with E-state index in [9.17, 15) is 13.2 Å². The van der Waals surface area contributed by atoms with Crippen molar-refractivity contribution in [3.8, 4) is 5.19 Å². The second-order valence-corrected chi connectivity index (χ2v) is 4.14. The molecule has 0 radical (unpaired) electrons. The topological polar surface area (TPSA) is 22.1 Å². The molecule has 0 spiro atoms. The number of rotatable bonds is 4.